The lowest BCUT2D eigenvalue weighted by molar-refractivity contribution is 0.103. The molecule has 4 nitrogen and oxygen atoms in total. The Kier molecular flexibility index (Phi) is 2.25. The summed E-state index contributed by atoms with van der Waals surface area (Å²) in [5.74, 6) is -0.252. The maximum atomic E-state index is 11.8. The molecule has 0 fully saturated rings. The zero-order valence-corrected chi connectivity index (χ0v) is 8.23. The summed E-state index contributed by atoms with van der Waals surface area (Å²) < 4.78 is 1.27. The predicted molar refractivity (Wildman–Crippen MR) is 55.9 cm³/mol. The van der Waals surface area contributed by atoms with Crippen molar-refractivity contribution >= 4 is 5.78 Å². The standard InChI is InChI=1S/C11H10N2O2/c1-13-11(15)9(7-12-13)10(14)8-5-3-2-4-6-8/h2-7,12H,1H3. The second-order valence-corrected chi connectivity index (χ2v) is 3.25. The van der Waals surface area contributed by atoms with E-state index in [0.29, 0.717) is 5.56 Å². The van der Waals surface area contributed by atoms with Crippen molar-refractivity contribution in [3.05, 3.63) is 58.0 Å². The van der Waals surface area contributed by atoms with Gasteiger partial charge in [-0.25, -0.2) is 0 Å². The zero-order chi connectivity index (χ0) is 10.8. The molecule has 0 spiro atoms. The molecule has 0 aliphatic rings. The average molecular weight is 202 g/mol. The number of aromatic amines is 1. The Morgan fingerprint density at radius 3 is 2.47 bits per heavy atom. The lowest BCUT2D eigenvalue weighted by atomic mass is 10.1. The van der Waals surface area contributed by atoms with Gasteiger partial charge >= 0.3 is 0 Å². The first-order chi connectivity index (χ1) is 7.20. The fourth-order valence-corrected chi connectivity index (χ4v) is 1.37. The van der Waals surface area contributed by atoms with Crippen LogP contribution >= 0.6 is 0 Å². The molecule has 76 valence electrons. The molecule has 2 aromatic rings. The Bertz CT molecular complexity index is 537. The van der Waals surface area contributed by atoms with Gasteiger partial charge in [-0.15, -0.1) is 0 Å². The lowest BCUT2D eigenvalue weighted by Gasteiger charge is -1.95. The third kappa shape index (κ3) is 1.61. The van der Waals surface area contributed by atoms with E-state index in [9.17, 15) is 9.59 Å². The molecule has 0 aliphatic carbocycles. The highest BCUT2D eigenvalue weighted by Crippen LogP contribution is 2.04. The highest BCUT2D eigenvalue weighted by molar-refractivity contribution is 6.08. The fourth-order valence-electron chi connectivity index (χ4n) is 1.37. The van der Waals surface area contributed by atoms with E-state index in [0.717, 1.165) is 0 Å². The molecule has 0 saturated carbocycles. The SMILES string of the molecule is Cn1[nH]cc(C(=O)c2ccccc2)c1=O. The number of nitrogens with one attached hydrogen (secondary N) is 1. The van der Waals surface area contributed by atoms with Crippen molar-refractivity contribution in [2.45, 2.75) is 0 Å². The summed E-state index contributed by atoms with van der Waals surface area (Å²) in [5, 5.41) is 2.67. The Morgan fingerprint density at radius 2 is 1.93 bits per heavy atom. The van der Waals surface area contributed by atoms with Crippen LogP contribution in [-0.4, -0.2) is 15.6 Å². The second kappa shape index (κ2) is 3.57. The van der Waals surface area contributed by atoms with Crippen LogP contribution < -0.4 is 5.56 Å². The fraction of sp³-hybridized carbons (Fsp3) is 0.0909. The van der Waals surface area contributed by atoms with Crippen LogP contribution in [0.3, 0.4) is 0 Å². The van der Waals surface area contributed by atoms with Crippen LogP contribution in [0.4, 0.5) is 0 Å². The van der Waals surface area contributed by atoms with E-state index in [1.807, 2.05) is 6.07 Å². The number of H-pyrrole nitrogens is 1. The quantitative estimate of drug-likeness (QED) is 0.737. The highest BCUT2D eigenvalue weighted by atomic mass is 16.2. The van der Waals surface area contributed by atoms with E-state index < -0.39 is 0 Å². The molecule has 1 heterocycles. The van der Waals surface area contributed by atoms with Gasteiger partial charge in [0.25, 0.3) is 5.56 Å². The minimum Gasteiger partial charge on any atom is -0.302 e. The minimum absolute atomic E-state index is 0.170. The topological polar surface area (TPSA) is 54.9 Å². The number of aromatic nitrogens is 2. The van der Waals surface area contributed by atoms with Gasteiger partial charge in [0, 0.05) is 18.8 Å². The first kappa shape index (κ1) is 9.45. The van der Waals surface area contributed by atoms with Crippen molar-refractivity contribution in [1.82, 2.24) is 9.78 Å². The minimum atomic E-state index is -0.302. The van der Waals surface area contributed by atoms with Crippen LogP contribution in [0, 0.1) is 0 Å². The van der Waals surface area contributed by atoms with Crippen LogP contribution in [0.25, 0.3) is 0 Å². The molecule has 1 aromatic carbocycles. The number of aryl methyl sites for hydroxylation is 1. The van der Waals surface area contributed by atoms with Gasteiger partial charge in [0.15, 0.2) is 5.78 Å². The molecule has 2 rings (SSSR count). The largest absolute Gasteiger partial charge is 0.302 e. The maximum Gasteiger partial charge on any atom is 0.277 e. The first-order valence-corrected chi connectivity index (χ1v) is 4.54. The molecular weight excluding hydrogens is 192 g/mol. The normalized spacial score (nSPS) is 10.2. The third-order valence-electron chi connectivity index (χ3n) is 2.22. The summed E-state index contributed by atoms with van der Waals surface area (Å²) in [5.41, 5.74) is 0.391. The van der Waals surface area contributed by atoms with Gasteiger partial charge < -0.3 is 5.10 Å². The van der Waals surface area contributed by atoms with E-state index in [4.69, 9.17) is 0 Å². The van der Waals surface area contributed by atoms with Crippen LogP contribution in [0.15, 0.2) is 41.3 Å². The van der Waals surface area contributed by atoms with Gasteiger partial charge in [-0.05, 0) is 0 Å². The molecule has 0 aliphatic heterocycles. The maximum absolute atomic E-state index is 11.8. The lowest BCUT2D eigenvalue weighted by Crippen LogP contribution is -2.19. The smallest absolute Gasteiger partial charge is 0.277 e. The number of nitrogens with zero attached hydrogens (tertiary/aromatic N) is 1. The van der Waals surface area contributed by atoms with Gasteiger partial charge in [0.05, 0.1) is 0 Å². The second-order valence-electron chi connectivity index (χ2n) is 3.25. The number of hydrogen-bond donors (Lipinski definition) is 1. The van der Waals surface area contributed by atoms with Crippen LogP contribution in [-0.2, 0) is 7.05 Å². The van der Waals surface area contributed by atoms with Crippen molar-refractivity contribution in [3.63, 3.8) is 0 Å². The van der Waals surface area contributed by atoms with Crippen molar-refractivity contribution in [1.29, 1.82) is 0 Å². The van der Waals surface area contributed by atoms with Gasteiger partial charge in [0.1, 0.15) is 5.56 Å². The average Bonchev–Trinajstić information content (AvgIpc) is 2.60. The van der Waals surface area contributed by atoms with E-state index in [-0.39, 0.29) is 16.9 Å². The van der Waals surface area contributed by atoms with Gasteiger partial charge in [-0.3, -0.25) is 14.3 Å². The van der Waals surface area contributed by atoms with E-state index in [1.54, 1.807) is 31.3 Å². The van der Waals surface area contributed by atoms with E-state index in [2.05, 4.69) is 5.10 Å². The summed E-state index contributed by atoms with van der Waals surface area (Å²) >= 11 is 0. The van der Waals surface area contributed by atoms with Gasteiger partial charge in [0.2, 0.25) is 0 Å². The predicted octanol–water partition coefficient (Wildman–Crippen LogP) is 0.944. The zero-order valence-electron chi connectivity index (χ0n) is 8.23. The van der Waals surface area contributed by atoms with Crippen molar-refractivity contribution in [2.75, 3.05) is 0 Å². The Labute approximate surface area is 86.1 Å². The number of benzene rings is 1. The Balaban J connectivity index is 2.46. The number of hydrogen-bond acceptors (Lipinski definition) is 2. The van der Waals surface area contributed by atoms with E-state index in [1.165, 1.54) is 10.9 Å². The molecular formula is C11H10N2O2. The monoisotopic (exact) mass is 202 g/mol. The Hall–Kier alpha value is -2.10. The molecule has 0 bridgehead atoms. The summed E-state index contributed by atoms with van der Waals surface area (Å²) in [6.45, 7) is 0. The molecule has 15 heavy (non-hydrogen) atoms. The van der Waals surface area contributed by atoms with Crippen LogP contribution in [0.2, 0.25) is 0 Å². The highest BCUT2D eigenvalue weighted by Gasteiger charge is 2.14. The summed E-state index contributed by atoms with van der Waals surface area (Å²) in [6.07, 6.45) is 1.43. The third-order valence-corrected chi connectivity index (χ3v) is 2.22. The number of ketones is 1. The molecule has 0 atom stereocenters. The molecule has 0 unspecified atom stereocenters. The van der Waals surface area contributed by atoms with E-state index >= 15 is 0 Å². The van der Waals surface area contributed by atoms with Crippen LogP contribution in [0.5, 0.6) is 0 Å². The molecule has 0 radical (unpaired) electrons. The van der Waals surface area contributed by atoms with Crippen molar-refractivity contribution in [3.8, 4) is 0 Å². The van der Waals surface area contributed by atoms with Crippen molar-refractivity contribution in [2.24, 2.45) is 7.05 Å². The molecule has 1 aromatic heterocycles. The summed E-state index contributed by atoms with van der Waals surface area (Å²) in [6, 6.07) is 8.74. The number of carbonyl (C=O) groups is 1. The molecule has 0 saturated heterocycles. The molecule has 1 N–H and O–H groups in total. The number of rotatable bonds is 2. The first-order valence-electron chi connectivity index (χ1n) is 4.54. The van der Waals surface area contributed by atoms with Crippen molar-refractivity contribution < 1.29 is 4.79 Å². The number of carbonyl (C=O) groups excluding carboxylic acids is 1. The summed E-state index contributed by atoms with van der Waals surface area (Å²) in [4.78, 5) is 23.3. The van der Waals surface area contributed by atoms with Gasteiger partial charge in [-0.1, -0.05) is 30.3 Å². The molecule has 4 heteroatoms. The van der Waals surface area contributed by atoms with Gasteiger partial charge in [-0.2, -0.15) is 0 Å². The van der Waals surface area contributed by atoms with Crippen LogP contribution in [0.1, 0.15) is 15.9 Å². The summed E-state index contributed by atoms with van der Waals surface area (Å²) in [7, 11) is 1.57. The Morgan fingerprint density at radius 1 is 1.27 bits per heavy atom. The molecule has 0 amide bonds.